The molecule has 0 bridgehead atoms. The molecular formula is C18H45O4PS3. The lowest BCUT2D eigenvalue weighted by Crippen LogP contribution is -2.20. The van der Waals surface area contributed by atoms with Crippen LogP contribution >= 0.6 is 38.7 Å². The maximum absolute atomic E-state index is 14.1. The molecule has 0 aromatic rings. The molecule has 0 saturated heterocycles. The van der Waals surface area contributed by atoms with Gasteiger partial charge >= 0.3 is 7.82 Å². The maximum Gasteiger partial charge on any atom is 0.503 e. The van der Waals surface area contributed by atoms with Gasteiger partial charge in [0.15, 0.2) is 0 Å². The van der Waals surface area contributed by atoms with Crippen LogP contribution in [0.25, 0.3) is 0 Å². The molecule has 4 nitrogen and oxygen atoms in total. The highest BCUT2D eigenvalue weighted by atomic mass is 32.3. The van der Waals surface area contributed by atoms with E-state index in [1.54, 1.807) is 0 Å². The number of phosphoric acid groups is 1. The summed E-state index contributed by atoms with van der Waals surface area (Å²) in [5.74, 6) is 7.97. The Hall–Kier alpha value is 1.16. The molecule has 0 saturated carbocycles. The summed E-state index contributed by atoms with van der Waals surface area (Å²) in [5, 5.41) is 0. The molecule has 0 unspecified atom stereocenters. The number of rotatable bonds is 15. The van der Waals surface area contributed by atoms with Crippen molar-refractivity contribution in [2.75, 3.05) is 51.8 Å². The van der Waals surface area contributed by atoms with E-state index < -0.39 is 38.7 Å². The minimum absolute atomic E-state index is 0.885. The monoisotopic (exact) mass is 452 g/mol. The van der Waals surface area contributed by atoms with Crippen molar-refractivity contribution < 1.29 is 16.5 Å². The SMILES string of the molecule is CCS(CC)(CC)OP(=O)(OS(CC)(CC)CC)OS(CC)(CC)CC. The van der Waals surface area contributed by atoms with Gasteiger partial charge in [-0.1, -0.05) is 62.3 Å². The Kier molecular flexibility index (Phi) is 12.5. The highest BCUT2D eigenvalue weighted by molar-refractivity contribution is 8.35. The minimum Gasteiger partial charge on any atom is -0.236 e. The largest absolute Gasteiger partial charge is 0.503 e. The van der Waals surface area contributed by atoms with Crippen molar-refractivity contribution in [3.8, 4) is 0 Å². The fraction of sp³-hybridized carbons (Fsp3) is 1.00. The average molecular weight is 453 g/mol. The van der Waals surface area contributed by atoms with E-state index in [2.05, 4.69) is 62.3 Å². The lowest BCUT2D eigenvalue weighted by atomic mass is 10.9. The molecule has 0 fully saturated rings. The zero-order valence-electron chi connectivity index (χ0n) is 18.7. The van der Waals surface area contributed by atoms with E-state index >= 15 is 0 Å². The van der Waals surface area contributed by atoms with Gasteiger partial charge < -0.3 is 0 Å². The molecule has 0 aliphatic rings. The van der Waals surface area contributed by atoms with Crippen molar-refractivity contribution in [2.45, 2.75) is 62.3 Å². The first-order chi connectivity index (χ1) is 12.2. The third kappa shape index (κ3) is 6.89. The van der Waals surface area contributed by atoms with Gasteiger partial charge in [-0.3, -0.25) is 0 Å². The van der Waals surface area contributed by atoms with Crippen LogP contribution in [-0.2, 0) is 16.5 Å². The number of hydrogen-bond acceptors (Lipinski definition) is 4. The molecule has 0 atom stereocenters. The first kappa shape index (κ1) is 27.2. The summed E-state index contributed by atoms with van der Waals surface area (Å²) >= 11 is 0. The summed E-state index contributed by atoms with van der Waals surface area (Å²) in [6.45, 7) is 19.2. The average Bonchev–Trinajstić information content (AvgIpc) is 2.69. The third-order valence-electron chi connectivity index (χ3n) is 5.48. The van der Waals surface area contributed by atoms with Crippen LogP contribution in [0.4, 0.5) is 0 Å². The first-order valence-corrected chi connectivity index (χ1v) is 17.8. The fourth-order valence-corrected chi connectivity index (χ4v) is 16.0. The molecule has 0 amide bonds. The Bertz CT molecular complexity index is 350. The molecule has 26 heavy (non-hydrogen) atoms. The Labute approximate surface area is 169 Å². The lowest BCUT2D eigenvalue weighted by Gasteiger charge is -2.47. The topological polar surface area (TPSA) is 44.8 Å². The molecule has 0 radical (unpaired) electrons. The normalized spacial score (nSPS) is 15.9. The van der Waals surface area contributed by atoms with Crippen LogP contribution in [0.2, 0.25) is 0 Å². The van der Waals surface area contributed by atoms with Crippen LogP contribution in [-0.4, -0.2) is 51.8 Å². The van der Waals surface area contributed by atoms with E-state index in [4.69, 9.17) is 11.9 Å². The Morgan fingerprint density at radius 3 is 0.731 bits per heavy atom. The summed E-state index contributed by atoms with van der Waals surface area (Å²) in [5.41, 5.74) is 0. The summed E-state index contributed by atoms with van der Waals surface area (Å²) < 4.78 is 33.4. The summed E-state index contributed by atoms with van der Waals surface area (Å²) in [7, 11) is -7.97. The van der Waals surface area contributed by atoms with Crippen molar-refractivity contribution in [3.63, 3.8) is 0 Å². The highest BCUT2D eigenvalue weighted by Crippen LogP contribution is 2.76. The van der Waals surface area contributed by atoms with Gasteiger partial charge in [-0.15, -0.1) is 30.9 Å². The van der Waals surface area contributed by atoms with E-state index in [0.29, 0.717) is 0 Å². The molecule has 0 aliphatic carbocycles. The Balaban J connectivity index is 6.04. The molecular weight excluding hydrogens is 407 g/mol. The van der Waals surface area contributed by atoms with Crippen molar-refractivity contribution in [2.24, 2.45) is 0 Å². The van der Waals surface area contributed by atoms with Crippen LogP contribution in [0.15, 0.2) is 0 Å². The van der Waals surface area contributed by atoms with Crippen LogP contribution in [0.1, 0.15) is 62.3 Å². The molecule has 0 aromatic heterocycles. The van der Waals surface area contributed by atoms with E-state index in [-0.39, 0.29) is 0 Å². The van der Waals surface area contributed by atoms with E-state index in [0.717, 1.165) is 51.8 Å². The molecule has 0 N–H and O–H groups in total. The van der Waals surface area contributed by atoms with Gasteiger partial charge in [0.2, 0.25) is 0 Å². The summed E-state index contributed by atoms with van der Waals surface area (Å²) in [6, 6.07) is 0. The zero-order chi connectivity index (χ0) is 20.5. The Morgan fingerprint density at radius 2 is 0.615 bits per heavy atom. The van der Waals surface area contributed by atoms with Gasteiger partial charge in [0.25, 0.3) is 0 Å². The van der Waals surface area contributed by atoms with Gasteiger partial charge in [-0.05, 0) is 51.8 Å². The molecule has 8 heteroatoms. The van der Waals surface area contributed by atoms with Gasteiger partial charge in [0.1, 0.15) is 0 Å². The predicted molar refractivity (Wildman–Crippen MR) is 129 cm³/mol. The standard InChI is InChI=1S/C18H45O4PS3/c1-10-24(11-2,12-3)20-23(19,21-25(13-4,14-5)15-6)22-26(16-7,17-8)18-9/h10-18H2,1-9H3. The maximum atomic E-state index is 14.1. The van der Waals surface area contributed by atoms with Crippen LogP contribution in [0.3, 0.4) is 0 Å². The van der Waals surface area contributed by atoms with Crippen molar-refractivity contribution in [3.05, 3.63) is 0 Å². The highest BCUT2D eigenvalue weighted by Gasteiger charge is 2.44. The predicted octanol–water partition coefficient (Wildman–Crippen LogP) is 7.48. The molecule has 0 rings (SSSR count). The Morgan fingerprint density at radius 1 is 0.462 bits per heavy atom. The minimum atomic E-state index is -3.62. The van der Waals surface area contributed by atoms with Crippen LogP contribution in [0.5, 0.6) is 0 Å². The van der Waals surface area contributed by atoms with Gasteiger partial charge in [-0.2, -0.15) is 0 Å². The van der Waals surface area contributed by atoms with Gasteiger partial charge in [0, 0.05) is 0 Å². The number of hydrogen-bond donors (Lipinski definition) is 0. The van der Waals surface area contributed by atoms with Crippen LogP contribution in [0, 0.1) is 0 Å². The van der Waals surface area contributed by atoms with Gasteiger partial charge in [0.05, 0.1) is 0 Å². The van der Waals surface area contributed by atoms with Crippen LogP contribution < -0.4 is 0 Å². The molecule has 0 spiro atoms. The fourth-order valence-electron chi connectivity index (χ4n) is 2.93. The van der Waals surface area contributed by atoms with E-state index in [1.165, 1.54) is 0 Å². The lowest BCUT2D eigenvalue weighted by molar-refractivity contribution is 0.334. The van der Waals surface area contributed by atoms with Crippen molar-refractivity contribution >= 4 is 38.7 Å². The second-order valence-corrected chi connectivity index (χ2v) is 19.8. The second-order valence-electron chi connectivity index (χ2n) is 6.17. The van der Waals surface area contributed by atoms with Crippen molar-refractivity contribution in [1.82, 2.24) is 0 Å². The molecule has 0 aliphatic heterocycles. The summed E-state index contributed by atoms with van der Waals surface area (Å²) in [4.78, 5) is 0. The first-order valence-electron chi connectivity index (χ1n) is 10.2. The van der Waals surface area contributed by atoms with Gasteiger partial charge in [-0.25, -0.2) is 16.5 Å². The van der Waals surface area contributed by atoms with E-state index in [9.17, 15) is 4.57 Å². The molecule has 0 heterocycles. The molecule has 164 valence electrons. The summed E-state index contributed by atoms with van der Waals surface area (Å²) in [6.07, 6.45) is 0. The quantitative estimate of drug-likeness (QED) is 0.242. The smallest absolute Gasteiger partial charge is 0.236 e. The van der Waals surface area contributed by atoms with Crippen molar-refractivity contribution in [1.29, 1.82) is 0 Å². The second kappa shape index (κ2) is 12.0. The van der Waals surface area contributed by atoms with E-state index in [1.807, 2.05) is 0 Å². The molecule has 0 aromatic carbocycles. The third-order valence-corrected chi connectivity index (χ3v) is 20.9. The zero-order valence-corrected chi connectivity index (χ0v) is 22.0.